The lowest BCUT2D eigenvalue weighted by atomic mass is 9.94. The van der Waals surface area contributed by atoms with Gasteiger partial charge in [0.1, 0.15) is 5.82 Å². The van der Waals surface area contributed by atoms with Crippen LogP contribution in [-0.2, 0) is 0 Å². The Morgan fingerprint density at radius 2 is 2.12 bits per heavy atom. The summed E-state index contributed by atoms with van der Waals surface area (Å²) in [6, 6.07) is 4.42. The number of pyridine rings is 1. The van der Waals surface area contributed by atoms with Crippen LogP contribution in [0.2, 0.25) is 5.02 Å². The fourth-order valence-electron chi connectivity index (χ4n) is 2.53. The van der Waals surface area contributed by atoms with E-state index in [0.717, 1.165) is 22.7 Å². The second kappa shape index (κ2) is 6.60. The van der Waals surface area contributed by atoms with Gasteiger partial charge in [0.05, 0.1) is 5.02 Å². The van der Waals surface area contributed by atoms with E-state index >= 15 is 0 Å². The molecule has 1 saturated carbocycles. The van der Waals surface area contributed by atoms with E-state index in [2.05, 4.69) is 25.8 Å². The Bertz CT molecular complexity index is 353. The van der Waals surface area contributed by atoms with E-state index in [1.165, 1.54) is 32.1 Å². The highest BCUT2D eigenvalue weighted by Gasteiger charge is 2.23. The molecular weight excluding hydrogens is 300 g/mol. The predicted molar refractivity (Wildman–Crippen MR) is 77.3 cm³/mol. The molecular formula is C13H18BrClN2. The van der Waals surface area contributed by atoms with E-state index in [0.29, 0.717) is 6.04 Å². The fourth-order valence-corrected chi connectivity index (χ4v) is 3.15. The van der Waals surface area contributed by atoms with E-state index in [9.17, 15) is 0 Å². The average Bonchev–Trinajstić information content (AvgIpc) is 2.38. The number of alkyl halides is 1. The Morgan fingerprint density at radius 1 is 1.35 bits per heavy atom. The van der Waals surface area contributed by atoms with Crippen LogP contribution in [0.15, 0.2) is 18.3 Å². The van der Waals surface area contributed by atoms with Crippen molar-refractivity contribution < 1.29 is 0 Å². The number of anilines is 1. The summed E-state index contributed by atoms with van der Waals surface area (Å²) in [5, 5.41) is 1.72. The highest BCUT2D eigenvalue weighted by molar-refractivity contribution is 9.09. The maximum Gasteiger partial charge on any atom is 0.147 e. The van der Waals surface area contributed by atoms with Gasteiger partial charge in [0.2, 0.25) is 0 Å². The van der Waals surface area contributed by atoms with Crippen molar-refractivity contribution in [2.45, 2.75) is 38.1 Å². The number of halogens is 2. The van der Waals surface area contributed by atoms with E-state index < -0.39 is 0 Å². The van der Waals surface area contributed by atoms with Gasteiger partial charge < -0.3 is 4.90 Å². The fraction of sp³-hybridized carbons (Fsp3) is 0.615. The van der Waals surface area contributed by atoms with Crippen molar-refractivity contribution in [3.8, 4) is 0 Å². The summed E-state index contributed by atoms with van der Waals surface area (Å²) < 4.78 is 0. The van der Waals surface area contributed by atoms with Crippen LogP contribution in [0.4, 0.5) is 5.82 Å². The molecule has 0 bridgehead atoms. The standard InChI is InChI=1S/C13H18BrClN2/c14-8-10-17(11-5-2-1-3-6-11)13-12(15)7-4-9-16-13/h4,7,9,11H,1-3,5-6,8,10H2. The highest BCUT2D eigenvalue weighted by atomic mass is 79.9. The van der Waals surface area contributed by atoms with Gasteiger partial charge in [-0.15, -0.1) is 0 Å². The third-order valence-corrected chi connectivity index (χ3v) is 4.00. The monoisotopic (exact) mass is 316 g/mol. The Labute approximate surface area is 116 Å². The number of aromatic nitrogens is 1. The Morgan fingerprint density at radius 3 is 2.76 bits per heavy atom. The second-order valence-electron chi connectivity index (χ2n) is 4.48. The quantitative estimate of drug-likeness (QED) is 0.771. The van der Waals surface area contributed by atoms with Crippen LogP contribution in [0.1, 0.15) is 32.1 Å². The zero-order valence-electron chi connectivity index (χ0n) is 9.91. The van der Waals surface area contributed by atoms with Gasteiger partial charge in [0.25, 0.3) is 0 Å². The normalized spacial score (nSPS) is 17.1. The molecule has 17 heavy (non-hydrogen) atoms. The third kappa shape index (κ3) is 3.35. The molecule has 0 saturated heterocycles. The molecule has 0 amide bonds. The van der Waals surface area contributed by atoms with Crippen LogP contribution in [0, 0.1) is 0 Å². The lowest BCUT2D eigenvalue weighted by Crippen LogP contribution is -2.38. The van der Waals surface area contributed by atoms with Gasteiger partial charge in [0, 0.05) is 24.1 Å². The van der Waals surface area contributed by atoms with Crippen LogP contribution in [0.3, 0.4) is 0 Å². The van der Waals surface area contributed by atoms with Crippen molar-refractivity contribution in [1.82, 2.24) is 4.98 Å². The first-order valence-electron chi connectivity index (χ1n) is 6.26. The van der Waals surface area contributed by atoms with Crippen molar-refractivity contribution in [2.75, 3.05) is 16.8 Å². The molecule has 2 rings (SSSR count). The maximum atomic E-state index is 6.25. The molecule has 1 fully saturated rings. The summed E-state index contributed by atoms with van der Waals surface area (Å²) in [7, 11) is 0. The summed E-state index contributed by atoms with van der Waals surface area (Å²) in [5.41, 5.74) is 0. The largest absolute Gasteiger partial charge is 0.352 e. The van der Waals surface area contributed by atoms with Crippen molar-refractivity contribution in [3.63, 3.8) is 0 Å². The number of rotatable bonds is 4. The Hall–Kier alpha value is -0.280. The Kier molecular flexibility index (Phi) is 5.11. The molecule has 1 aliphatic carbocycles. The molecule has 0 unspecified atom stereocenters. The zero-order chi connectivity index (χ0) is 12.1. The van der Waals surface area contributed by atoms with Crippen LogP contribution in [-0.4, -0.2) is 22.9 Å². The van der Waals surface area contributed by atoms with Gasteiger partial charge in [0.15, 0.2) is 0 Å². The summed E-state index contributed by atoms with van der Waals surface area (Å²) in [5.74, 6) is 0.945. The predicted octanol–water partition coefficient (Wildman–Crippen LogP) is 4.27. The van der Waals surface area contributed by atoms with Crippen molar-refractivity contribution in [1.29, 1.82) is 0 Å². The van der Waals surface area contributed by atoms with E-state index in [4.69, 9.17) is 11.6 Å². The lowest BCUT2D eigenvalue weighted by Gasteiger charge is -2.35. The summed E-state index contributed by atoms with van der Waals surface area (Å²) in [4.78, 5) is 6.82. The molecule has 1 heterocycles. The highest BCUT2D eigenvalue weighted by Crippen LogP contribution is 2.30. The number of hydrogen-bond acceptors (Lipinski definition) is 2. The van der Waals surface area contributed by atoms with Gasteiger partial charge in [-0.25, -0.2) is 4.98 Å². The van der Waals surface area contributed by atoms with Crippen molar-refractivity contribution in [2.24, 2.45) is 0 Å². The van der Waals surface area contributed by atoms with Crippen molar-refractivity contribution >= 4 is 33.3 Å². The Balaban J connectivity index is 2.18. The molecule has 0 atom stereocenters. The zero-order valence-corrected chi connectivity index (χ0v) is 12.3. The smallest absolute Gasteiger partial charge is 0.147 e. The molecule has 0 radical (unpaired) electrons. The van der Waals surface area contributed by atoms with Gasteiger partial charge in [-0.2, -0.15) is 0 Å². The first-order chi connectivity index (χ1) is 8.33. The molecule has 94 valence electrons. The minimum atomic E-state index is 0.605. The summed E-state index contributed by atoms with van der Waals surface area (Å²) in [6.45, 7) is 0.974. The van der Waals surface area contributed by atoms with Crippen LogP contribution in [0.5, 0.6) is 0 Å². The molecule has 0 aliphatic heterocycles. The number of nitrogens with zero attached hydrogens (tertiary/aromatic N) is 2. The van der Waals surface area contributed by atoms with Crippen molar-refractivity contribution in [3.05, 3.63) is 23.4 Å². The molecule has 2 nitrogen and oxygen atoms in total. The number of hydrogen-bond donors (Lipinski definition) is 0. The molecule has 4 heteroatoms. The van der Waals surface area contributed by atoms with Gasteiger partial charge in [-0.3, -0.25) is 0 Å². The van der Waals surface area contributed by atoms with E-state index in [1.807, 2.05) is 18.3 Å². The van der Waals surface area contributed by atoms with Crippen LogP contribution < -0.4 is 4.90 Å². The van der Waals surface area contributed by atoms with E-state index in [-0.39, 0.29) is 0 Å². The average molecular weight is 318 g/mol. The minimum Gasteiger partial charge on any atom is -0.352 e. The van der Waals surface area contributed by atoms with Gasteiger partial charge in [-0.05, 0) is 25.0 Å². The van der Waals surface area contributed by atoms with Gasteiger partial charge >= 0.3 is 0 Å². The molecule has 0 spiro atoms. The molecule has 0 aromatic carbocycles. The first-order valence-corrected chi connectivity index (χ1v) is 7.76. The topological polar surface area (TPSA) is 16.1 Å². The molecule has 1 aromatic heterocycles. The molecule has 1 aromatic rings. The molecule has 1 aliphatic rings. The maximum absolute atomic E-state index is 6.25. The first kappa shape index (κ1) is 13.2. The summed E-state index contributed by atoms with van der Waals surface area (Å²) >= 11 is 9.78. The lowest BCUT2D eigenvalue weighted by molar-refractivity contribution is 0.417. The van der Waals surface area contributed by atoms with Crippen LogP contribution >= 0.6 is 27.5 Å². The minimum absolute atomic E-state index is 0.605. The van der Waals surface area contributed by atoms with Gasteiger partial charge in [-0.1, -0.05) is 46.8 Å². The molecule has 0 N–H and O–H groups in total. The SMILES string of the molecule is Clc1cccnc1N(CCBr)C1CCCCC1. The second-order valence-corrected chi connectivity index (χ2v) is 5.68. The third-order valence-electron chi connectivity index (χ3n) is 3.35. The van der Waals surface area contributed by atoms with Crippen LogP contribution in [0.25, 0.3) is 0 Å². The summed E-state index contributed by atoms with van der Waals surface area (Å²) in [6.07, 6.45) is 8.38. The van der Waals surface area contributed by atoms with E-state index in [1.54, 1.807) is 0 Å².